The van der Waals surface area contributed by atoms with Crippen molar-refractivity contribution >= 4 is 35.3 Å². The second-order valence-corrected chi connectivity index (χ2v) is 14.7. The Hall–Kier alpha value is -4.44. The Bertz CT molecular complexity index is 1430. The van der Waals surface area contributed by atoms with Crippen LogP contribution in [-0.2, 0) is 23.7 Å². The van der Waals surface area contributed by atoms with E-state index >= 15 is 0 Å². The number of fused-ring (bicyclic) bond motifs is 2. The van der Waals surface area contributed by atoms with Crippen LogP contribution >= 0.6 is 0 Å². The Balaban J connectivity index is 0.000000265. The van der Waals surface area contributed by atoms with Crippen LogP contribution in [0.2, 0.25) is 0 Å². The van der Waals surface area contributed by atoms with Crippen molar-refractivity contribution in [2.45, 2.75) is 112 Å². The molecule has 1 aromatic heterocycles. The van der Waals surface area contributed by atoms with E-state index in [9.17, 15) is 14.4 Å². The van der Waals surface area contributed by atoms with Crippen LogP contribution in [-0.4, -0.2) is 50.7 Å². The highest BCUT2D eigenvalue weighted by Crippen LogP contribution is 2.35. The van der Waals surface area contributed by atoms with E-state index in [4.69, 9.17) is 18.9 Å². The summed E-state index contributed by atoms with van der Waals surface area (Å²) < 4.78 is 25.4. The van der Waals surface area contributed by atoms with E-state index in [2.05, 4.69) is 21.9 Å². The molecule has 0 spiro atoms. The average Bonchev–Trinajstić information content (AvgIpc) is 2.90. The minimum atomic E-state index is -1.06. The van der Waals surface area contributed by atoms with Crippen molar-refractivity contribution in [2.24, 2.45) is 0 Å². The molecule has 2 aromatic carbocycles. The van der Waals surface area contributed by atoms with Gasteiger partial charge in [-0.25, -0.2) is 14.4 Å². The number of hydrogen-bond acceptors (Lipinski definition) is 9. The minimum Gasteiger partial charge on any atom is -0.443 e. The minimum absolute atomic E-state index is 0.386. The molecule has 2 heterocycles. The van der Waals surface area contributed by atoms with Crippen LogP contribution < -0.4 is 0 Å². The van der Waals surface area contributed by atoms with Crippen molar-refractivity contribution in [2.75, 3.05) is 0 Å². The summed E-state index contributed by atoms with van der Waals surface area (Å²) >= 11 is 0. The largest absolute Gasteiger partial charge is 0.519 e. The Morgan fingerprint density at radius 1 is 0.638 bits per heavy atom. The summed E-state index contributed by atoms with van der Waals surface area (Å²) in [6.07, 6.45) is 4.30. The van der Waals surface area contributed by atoms with Gasteiger partial charge < -0.3 is 23.7 Å². The second kappa shape index (κ2) is 15.9. The zero-order chi connectivity index (χ0) is 35.6. The smallest absolute Gasteiger partial charge is 0.443 e. The molecule has 10 heteroatoms. The van der Waals surface area contributed by atoms with E-state index in [1.165, 1.54) is 15.7 Å². The summed E-state index contributed by atoms with van der Waals surface area (Å²) in [6.45, 7) is 21.5. The van der Waals surface area contributed by atoms with Gasteiger partial charge in [-0.05, 0) is 112 Å². The fourth-order valence-corrected chi connectivity index (χ4v) is 3.84. The highest BCUT2D eigenvalue weighted by atomic mass is 16.8. The van der Waals surface area contributed by atoms with E-state index < -0.39 is 41.4 Å². The lowest BCUT2D eigenvalue weighted by Crippen LogP contribution is -2.40. The number of ether oxygens (including phenoxy) is 5. The number of rotatable bonds is 1. The molecule has 3 aromatic rings. The summed E-state index contributed by atoms with van der Waals surface area (Å²) in [7, 11) is 0. The van der Waals surface area contributed by atoms with Crippen molar-refractivity contribution in [1.29, 1.82) is 0 Å². The summed E-state index contributed by atoms with van der Waals surface area (Å²) in [5.74, 6) is 0. The number of amides is 1. The van der Waals surface area contributed by atoms with Crippen molar-refractivity contribution in [3.63, 3.8) is 0 Å². The maximum absolute atomic E-state index is 12.5. The number of carbonyl (C=O) groups is 3. The molecule has 47 heavy (non-hydrogen) atoms. The Morgan fingerprint density at radius 2 is 1.15 bits per heavy atom. The summed E-state index contributed by atoms with van der Waals surface area (Å²) in [5, 5.41) is 2.45. The third-order valence-electron chi connectivity index (χ3n) is 5.49. The van der Waals surface area contributed by atoms with Gasteiger partial charge in [0.25, 0.3) is 0 Å². The number of pyridine rings is 1. The number of hydrogen-bond donors (Lipinski definition) is 0. The van der Waals surface area contributed by atoms with Gasteiger partial charge in [0.05, 0.1) is 5.60 Å². The Labute approximate surface area is 279 Å². The van der Waals surface area contributed by atoms with Crippen LogP contribution in [0, 0.1) is 0 Å². The molecule has 0 bridgehead atoms. The van der Waals surface area contributed by atoms with Crippen LogP contribution in [0.3, 0.4) is 0 Å². The van der Waals surface area contributed by atoms with E-state index in [1.54, 1.807) is 47.7 Å². The fourth-order valence-electron chi connectivity index (χ4n) is 3.84. The normalized spacial score (nSPS) is 14.4. The number of carbonyl (C=O) groups excluding carboxylic acids is 3. The van der Waals surface area contributed by atoms with Crippen molar-refractivity contribution < 1.29 is 38.1 Å². The zero-order valence-corrected chi connectivity index (χ0v) is 29.7. The predicted octanol–water partition coefficient (Wildman–Crippen LogP) is 9.83. The second-order valence-electron chi connectivity index (χ2n) is 14.7. The van der Waals surface area contributed by atoms with E-state index in [0.29, 0.717) is 0 Å². The van der Waals surface area contributed by atoms with Gasteiger partial charge in [0, 0.05) is 24.2 Å². The number of aromatic nitrogens is 1. The summed E-state index contributed by atoms with van der Waals surface area (Å²) in [4.78, 5) is 40.0. The quantitative estimate of drug-likeness (QED) is 0.144. The fraction of sp³-hybridized carbons (Fsp3) is 0.459. The van der Waals surface area contributed by atoms with E-state index in [1.807, 2.05) is 102 Å². The predicted molar refractivity (Wildman–Crippen MR) is 182 cm³/mol. The molecule has 0 N–H and O–H groups in total. The molecule has 0 saturated heterocycles. The third-order valence-corrected chi connectivity index (χ3v) is 5.49. The van der Waals surface area contributed by atoms with Gasteiger partial charge in [-0.1, -0.05) is 48.5 Å². The molecule has 0 saturated carbocycles. The maximum Gasteiger partial charge on any atom is 0.519 e. The standard InChI is InChI=1S/C18H25NO3.C10H18O5.C9H7N/c1-17(2,3)21-15-14-10-8-7-9-13(14)11-12-19(15)16(20)22-18(4,5)6;1-9(2,3)14-7(11)13-8(12)15-10(4,5)6;1-2-4-9-7-10-6-5-8(9)3-1/h7-12,15H,1-6H3;1-6H3;1-7H. The van der Waals surface area contributed by atoms with Gasteiger partial charge in [0.1, 0.15) is 16.8 Å². The number of nitrogens with zero attached hydrogens (tertiary/aromatic N) is 2. The molecular formula is C37H50N2O8. The van der Waals surface area contributed by atoms with Crippen molar-refractivity contribution in [3.05, 3.63) is 84.3 Å². The molecule has 4 rings (SSSR count). The molecule has 10 nitrogen and oxygen atoms in total. The molecule has 256 valence electrons. The van der Waals surface area contributed by atoms with Crippen molar-refractivity contribution in [1.82, 2.24) is 9.88 Å². The lowest BCUT2D eigenvalue weighted by atomic mass is 10.0. The third kappa shape index (κ3) is 15.1. The van der Waals surface area contributed by atoms with Gasteiger partial charge in [0.2, 0.25) is 0 Å². The Morgan fingerprint density at radius 3 is 1.66 bits per heavy atom. The lowest BCUT2D eigenvalue weighted by Gasteiger charge is -2.37. The Kier molecular flexibility index (Phi) is 13.1. The van der Waals surface area contributed by atoms with Gasteiger partial charge in [-0.2, -0.15) is 0 Å². The lowest BCUT2D eigenvalue weighted by molar-refractivity contribution is -0.120. The SMILES string of the molecule is CC(C)(C)OC(=O)N1C=Cc2ccccc2C1OC(C)(C)C.CC(C)(C)OC(=O)OC(=O)OC(C)(C)C.c1ccc2cnccc2c1. The van der Waals surface area contributed by atoms with Gasteiger partial charge in [-0.3, -0.25) is 9.88 Å². The number of benzene rings is 2. The highest BCUT2D eigenvalue weighted by Gasteiger charge is 2.34. The molecule has 1 aliphatic rings. The first-order valence-electron chi connectivity index (χ1n) is 15.4. The van der Waals surface area contributed by atoms with Crippen LogP contribution in [0.1, 0.15) is 100 Å². The summed E-state index contributed by atoms with van der Waals surface area (Å²) in [5.41, 5.74) is -0.308. The first kappa shape index (κ1) is 38.7. The van der Waals surface area contributed by atoms with Crippen molar-refractivity contribution in [3.8, 4) is 0 Å². The molecule has 0 aliphatic carbocycles. The van der Waals surface area contributed by atoms with Gasteiger partial charge in [0.15, 0.2) is 6.23 Å². The molecular weight excluding hydrogens is 600 g/mol. The topological polar surface area (TPSA) is 113 Å². The van der Waals surface area contributed by atoms with E-state index in [-0.39, 0.29) is 5.60 Å². The van der Waals surface area contributed by atoms with E-state index in [0.717, 1.165) is 11.1 Å². The first-order chi connectivity index (χ1) is 21.5. The highest BCUT2D eigenvalue weighted by molar-refractivity contribution is 5.81. The first-order valence-corrected chi connectivity index (χ1v) is 15.4. The molecule has 1 aliphatic heterocycles. The zero-order valence-electron chi connectivity index (χ0n) is 29.7. The van der Waals surface area contributed by atoms with Crippen LogP contribution in [0.5, 0.6) is 0 Å². The molecule has 1 unspecified atom stereocenters. The van der Waals surface area contributed by atoms with Crippen LogP contribution in [0.25, 0.3) is 16.8 Å². The molecule has 0 radical (unpaired) electrons. The maximum atomic E-state index is 12.5. The van der Waals surface area contributed by atoms with Gasteiger partial charge in [-0.15, -0.1) is 0 Å². The van der Waals surface area contributed by atoms with Crippen LogP contribution in [0.15, 0.2) is 73.2 Å². The monoisotopic (exact) mass is 650 g/mol. The molecule has 1 atom stereocenters. The van der Waals surface area contributed by atoms with Gasteiger partial charge >= 0.3 is 18.4 Å². The average molecular weight is 651 g/mol. The van der Waals surface area contributed by atoms with Crippen LogP contribution in [0.4, 0.5) is 14.4 Å². The molecule has 0 fully saturated rings. The summed E-state index contributed by atoms with van der Waals surface area (Å²) in [6, 6.07) is 18.1. The molecule has 1 amide bonds.